The van der Waals surface area contributed by atoms with Gasteiger partial charge in [-0.05, 0) is 68.8 Å². The van der Waals surface area contributed by atoms with Crippen molar-refractivity contribution < 1.29 is 9.59 Å². The second kappa shape index (κ2) is 9.53. The number of anilines is 2. The van der Waals surface area contributed by atoms with Crippen molar-refractivity contribution in [3.8, 4) is 0 Å². The summed E-state index contributed by atoms with van der Waals surface area (Å²) < 4.78 is 1.07. The molecule has 3 aromatic rings. The molecule has 1 fully saturated rings. The maximum absolute atomic E-state index is 12.7. The summed E-state index contributed by atoms with van der Waals surface area (Å²) in [4.78, 5) is 31.6. The quantitative estimate of drug-likeness (QED) is 0.530. The number of nitrogens with one attached hydrogen (secondary N) is 2. The summed E-state index contributed by atoms with van der Waals surface area (Å²) in [6.45, 7) is 3.68. The predicted octanol–water partition coefficient (Wildman–Crippen LogP) is 5.20. The number of carbonyl (C=O) groups excluding carboxylic acids is 2. The Bertz CT molecular complexity index is 1130. The van der Waals surface area contributed by atoms with Crippen molar-refractivity contribution in [1.82, 2.24) is 9.88 Å². The van der Waals surface area contributed by atoms with Crippen LogP contribution in [0.15, 0.2) is 36.4 Å². The molecule has 2 N–H and O–H groups in total. The van der Waals surface area contributed by atoms with E-state index in [9.17, 15) is 9.59 Å². The summed E-state index contributed by atoms with van der Waals surface area (Å²) in [5.41, 5.74) is 2.68. The molecule has 6 nitrogen and oxygen atoms in total. The minimum atomic E-state index is -0.119. The number of nitrogens with zero attached hydrogens (tertiary/aromatic N) is 2. The van der Waals surface area contributed by atoms with E-state index in [-0.39, 0.29) is 24.3 Å². The molecular formula is C22H22Cl2N4O2S. The van der Waals surface area contributed by atoms with Crippen LogP contribution in [-0.2, 0) is 9.59 Å². The van der Waals surface area contributed by atoms with Gasteiger partial charge in [0.2, 0.25) is 11.8 Å². The first kappa shape index (κ1) is 22.0. The lowest BCUT2D eigenvalue weighted by molar-refractivity contribution is -0.121. The maximum atomic E-state index is 12.7. The zero-order chi connectivity index (χ0) is 22.0. The van der Waals surface area contributed by atoms with Crippen LogP contribution in [0.3, 0.4) is 0 Å². The van der Waals surface area contributed by atoms with Crippen LogP contribution in [0, 0.1) is 12.8 Å². The van der Waals surface area contributed by atoms with Crippen LogP contribution in [0.2, 0.25) is 10.0 Å². The molecule has 2 heterocycles. The van der Waals surface area contributed by atoms with Crippen molar-refractivity contribution in [2.75, 3.05) is 30.3 Å². The highest BCUT2D eigenvalue weighted by molar-refractivity contribution is 7.22. The highest BCUT2D eigenvalue weighted by Gasteiger charge is 2.26. The Morgan fingerprint density at radius 3 is 2.61 bits per heavy atom. The molecule has 2 aromatic carbocycles. The highest BCUT2D eigenvalue weighted by atomic mass is 35.5. The molecule has 0 bridgehead atoms. The number of hydrogen-bond donors (Lipinski definition) is 2. The number of thiazole rings is 1. The molecule has 1 aliphatic rings. The molecule has 2 amide bonds. The zero-order valence-corrected chi connectivity index (χ0v) is 19.3. The van der Waals surface area contributed by atoms with Crippen molar-refractivity contribution in [2.45, 2.75) is 19.8 Å². The molecule has 1 aromatic heterocycles. The number of hydrogen-bond acceptors (Lipinski definition) is 5. The number of aromatic nitrogens is 1. The number of amides is 2. The van der Waals surface area contributed by atoms with Crippen molar-refractivity contribution in [2.24, 2.45) is 5.92 Å². The van der Waals surface area contributed by atoms with Gasteiger partial charge in [-0.25, -0.2) is 4.98 Å². The Labute approximate surface area is 194 Å². The normalized spacial score (nSPS) is 15.2. The Morgan fingerprint density at radius 1 is 1.10 bits per heavy atom. The third kappa shape index (κ3) is 5.54. The molecule has 1 aliphatic heterocycles. The molecule has 162 valence electrons. The highest BCUT2D eigenvalue weighted by Crippen LogP contribution is 2.28. The summed E-state index contributed by atoms with van der Waals surface area (Å²) in [5, 5.41) is 7.27. The fourth-order valence-electron chi connectivity index (χ4n) is 3.62. The Morgan fingerprint density at radius 2 is 1.87 bits per heavy atom. The summed E-state index contributed by atoms with van der Waals surface area (Å²) in [7, 11) is 0. The Balaban J connectivity index is 1.26. The van der Waals surface area contributed by atoms with Gasteiger partial charge in [0, 0.05) is 11.6 Å². The van der Waals surface area contributed by atoms with Crippen molar-refractivity contribution in [3.05, 3.63) is 52.0 Å². The fraction of sp³-hybridized carbons (Fsp3) is 0.318. The van der Waals surface area contributed by atoms with Crippen LogP contribution in [0.4, 0.5) is 10.8 Å². The number of likely N-dealkylation sites (tertiary alicyclic amines) is 1. The largest absolute Gasteiger partial charge is 0.325 e. The molecular weight excluding hydrogens is 455 g/mol. The van der Waals surface area contributed by atoms with Gasteiger partial charge >= 0.3 is 0 Å². The summed E-state index contributed by atoms with van der Waals surface area (Å²) in [6, 6.07) is 11.0. The maximum Gasteiger partial charge on any atom is 0.238 e. The van der Waals surface area contributed by atoms with Gasteiger partial charge in [0.25, 0.3) is 0 Å². The van der Waals surface area contributed by atoms with E-state index < -0.39 is 0 Å². The van der Waals surface area contributed by atoms with E-state index in [1.165, 1.54) is 16.9 Å². The predicted molar refractivity (Wildman–Crippen MR) is 127 cm³/mol. The monoisotopic (exact) mass is 476 g/mol. The molecule has 0 aliphatic carbocycles. The standard InChI is InChI=1S/C22H22Cl2N4O2S/c1-13-2-5-18-19(10-13)31-22(26-18)27-21(30)14-6-8-28(9-7-14)12-20(29)25-15-3-4-16(23)17(24)11-15/h2-5,10-11,14H,6-9,12H2,1H3,(H,25,29)(H,26,27,30). The topological polar surface area (TPSA) is 74.3 Å². The molecule has 1 saturated heterocycles. The molecule has 0 saturated carbocycles. The van der Waals surface area contributed by atoms with E-state index in [0.29, 0.717) is 46.8 Å². The zero-order valence-electron chi connectivity index (χ0n) is 17.0. The summed E-state index contributed by atoms with van der Waals surface area (Å²) >= 11 is 13.4. The summed E-state index contributed by atoms with van der Waals surface area (Å²) in [5.74, 6) is -0.204. The van der Waals surface area contributed by atoms with E-state index in [0.717, 1.165) is 10.2 Å². The number of piperidine rings is 1. The number of halogens is 2. The fourth-order valence-corrected chi connectivity index (χ4v) is 4.89. The molecule has 0 unspecified atom stereocenters. The number of benzene rings is 2. The molecule has 0 radical (unpaired) electrons. The van der Waals surface area contributed by atoms with E-state index in [4.69, 9.17) is 23.2 Å². The van der Waals surface area contributed by atoms with E-state index in [1.807, 2.05) is 19.1 Å². The van der Waals surface area contributed by atoms with E-state index in [1.54, 1.807) is 18.2 Å². The number of aryl methyl sites for hydroxylation is 1. The SMILES string of the molecule is Cc1ccc2nc(NC(=O)C3CCN(CC(=O)Nc4ccc(Cl)c(Cl)c4)CC3)sc2c1. The molecule has 0 atom stereocenters. The van der Waals surface area contributed by atoms with Gasteiger partial charge < -0.3 is 10.6 Å². The van der Waals surface area contributed by atoms with Crippen LogP contribution in [0.5, 0.6) is 0 Å². The van der Waals surface area contributed by atoms with Gasteiger partial charge in [0.15, 0.2) is 5.13 Å². The lowest BCUT2D eigenvalue weighted by atomic mass is 9.96. The van der Waals surface area contributed by atoms with Gasteiger partial charge in [-0.15, -0.1) is 0 Å². The van der Waals surface area contributed by atoms with Crippen LogP contribution >= 0.6 is 34.5 Å². The van der Waals surface area contributed by atoms with Crippen LogP contribution in [0.1, 0.15) is 18.4 Å². The van der Waals surface area contributed by atoms with Crippen molar-refractivity contribution in [3.63, 3.8) is 0 Å². The van der Waals surface area contributed by atoms with Crippen LogP contribution < -0.4 is 10.6 Å². The van der Waals surface area contributed by atoms with E-state index >= 15 is 0 Å². The minimum absolute atomic E-state index is 0.00399. The number of carbonyl (C=O) groups is 2. The molecule has 9 heteroatoms. The van der Waals surface area contributed by atoms with Gasteiger partial charge in [-0.1, -0.05) is 40.6 Å². The van der Waals surface area contributed by atoms with Crippen LogP contribution in [0.25, 0.3) is 10.2 Å². The van der Waals surface area contributed by atoms with E-state index in [2.05, 4.69) is 26.6 Å². The minimum Gasteiger partial charge on any atom is -0.325 e. The lowest BCUT2D eigenvalue weighted by Gasteiger charge is -2.30. The van der Waals surface area contributed by atoms with Gasteiger partial charge in [-0.2, -0.15) is 0 Å². The van der Waals surface area contributed by atoms with Gasteiger partial charge in [0.05, 0.1) is 26.8 Å². The Hall–Kier alpha value is -2.19. The van der Waals surface area contributed by atoms with Crippen molar-refractivity contribution >= 4 is 67.4 Å². The smallest absolute Gasteiger partial charge is 0.238 e. The molecule has 0 spiro atoms. The van der Waals surface area contributed by atoms with Crippen LogP contribution in [-0.4, -0.2) is 41.3 Å². The van der Waals surface area contributed by atoms with Gasteiger partial charge in [-0.3, -0.25) is 14.5 Å². The lowest BCUT2D eigenvalue weighted by Crippen LogP contribution is -2.41. The number of rotatable bonds is 5. The molecule has 4 rings (SSSR count). The average molecular weight is 477 g/mol. The molecule has 31 heavy (non-hydrogen) atoms. The van der Waals surface area contributed by atoms with Crippen molar-refractivity contribution in [1.29, 1.82) is 0 Å². The third-order valence-corrected chi connectivity index (χ3v) is 6.98. The Kier molecular flexibility index (Phi) is 6.77. The second-order valence-corrected chi connectivity index (χ2v) is 9.55. The second-order valence-electron chi connectivity index (χ2n) is 7.71. The first-order chi connectivity index (χ1) is 14.9. The van der Waals surface area contributed by atoms with Gasteiger partial charge in [0.1, 0.15) is 0 Å². The average Bonchev–Trinajstić information content (AvgIpc) is 3.12. The first-order valence-electron chi connectivity index (χ1n) is 10.0. The number of fused-ring (bicyclic) bond motifs is 1. The summed E-state index contributed by atoms with van der Waals surface area (Å²) in [6.07, 6.45) is 1.41. The third-order valence-electron chi connectivity index (χ3n) is 5.30. The first-order valence-corrected chi connectivity index (χ1v) is 11.6.